The zero-order chi connectivity index (χ0) is 20.1. The standard InChI is InChI=1S/C19H22F2N4O3/c1-2-25(10-15(26)24-16-13(20)6-3-7-14(16)21)19(27)17-18(28-11-23-17)12-5-4-8-22-9-12/h3,6-7,11-12,22H,2,4-5,8-10H2,1H3,(H,24,26). The van der Waals surface area contributed by atoms with Crippen LogP contribution in [0.25, 0.3) is 0 Å². The maximum atomic E-state index is 13.7. The van der Waals surface area contributed by atoms with Crippen LogP contribution >= 0.6 is 0 Å². The lowest BCUT2D eigenvalue weighted by Crippen LogP contribution is -2.39. The smallest absolute Gasteiger partial charge is 0.276 e. The van der Waals surface area contributed by atoms with Crippen LogP contribution in [0.5, 0.6) is 0 Å². The molecule has 1 aromatic heterocycles. The fraction of sp³-hybridized carbons (Fsp3) is 0.421. The summed E-state index contributed by atoms with van der Waals surface area (Å²) < 4.78 is 32.9. The SMILES string of the molecule is CCN(CC(=O)Nc1c(F)cccc1F)C(=O)c1ncoc1C1CCCNC1. The third-order valence-electron chi connectivity index (χ3n) is 4.70. The molecule has 7 nitrogen and oxygen atoms in total. The minimum atomic E-state index is -0.883. The summed E-state index contributed by atoms with van der Waals surface area (Å²) in [5, 5.41) is 5.44. The van der Waals surface area contributed by atoms with E-state index in [1.165, 1.54) is 17.4 Å². The Bertz CT molecular complexity index is 829. The first-order valence-electron chi connectivity index (χ1n) is 9.18. The molecule has 1 aliphatic heterocycles. The summed E-state index contributed by atoms with van der Waals surface area (Å²) in [6, 6.07) is 3.29. The van der Waals surface area contributed by atoms with E-state index >= 15 is 0 Å². The Hall–Kier alpha value is -2.81. The lowest BCUT2D eigenvalue weighted by molar-refractivity contribution is -0.116. The molecule has 9 heteroatoms. The molecular weight excluding hydrogens is 370 g/mol. The number of para-hydroxylation sites is 1. The Morgan fingerprint density at radius 1 is 1.36 bits per heavy atom. The average molecular weight is 392 g/mol. The van der Waals surface area contributed by atoms with Crippen molar-refractivity contribution in [3.05, 3.63) is 47.7 Å². The van der Waals surface area contributed by atoms with E-state index in [0.717, 1.165) is 31.5 Å². The van der Waals surface area contributed by atoms with Crippen LogP contribution in [-0.2, 0) is 4.79 Å². The molecule has 3 rings (SSSR count). The van der Waals surface area contributed by atoms with E-state index in [1.54, 1.807) is 6.92 Å². The first kappa shape index (κ1) is 19.9. The number of hydrogen-bond acceptors (Lipinski definition) is 5. The first-order valence-corrected chi connectivity index (χ1v) is 9.18. The molecule has 1 fully saturated rings. The van der Waals surface area contributed by atoms with Gasteiger partial charge in [0.05, 0.1) is 0 Å². The van der Waals surface area contributed by atoms with E-state index in [4.69, 9.17) is 4.42 Å². The number of aromatic nitrogens is 1. The quantitative estimate of drug-likeness (QED) is 0.789. The van der Waals surface area contributed by atoms with Gasteiger partial charge in [-0.25, -0.2) is 13.8 Å². The summed E-state index contributed by atoms with van der Waals surface area (Å²) in [5.74, 6) is -2.39. The fourth-order valence-electron chi connectivity index (χ4n) is 3.23. The molecule has 28 heavy (non-hydrogen) atoms. The van der Waals surface area contributed by atoms with Crippen LogP contribution in [0.2, 0.25) is 0 Å². The van der Waals surface area contributed by atoms with Gasteiger partial charge in [-0.3, -0.25) is 9.59 Å². The van der Waals surface area contributed by atoms with Gasteiger partial charge in [-0.05, 0) is 38.4 Å². The average Bonchev–Trinajstić information content (AvgIpc) is 3.19. The minimum absolute atomic E-state index is 0.0373. The fourth-order valence-corrected chi connectivity index (χ4v) is 3.23. The topological polar surface area (TPSA) is 87.5 Å². The molecule has 150 valence electrons. The van der Waals surface area contributed by atoms with E-state index in [-0.39, 0.29) is 24.7 Å². The van der Waals surface area contributed by atoms with Gasteiger partial charge in [-0.1, -0.05) is 6.07 Å². The molecule has 2 heterocycles. The number of halogens is 2. The number of hydrogen-bond donors (Lipinski definition) is 2. The second-order valence-electron chi connectivity index (χ2n) is 6.57. The van der Waals surface area contributed by atoms with Crippen molar-refractivity contribution in [2.24, 2.45) is 0 Å². The largest absolute Gasteiger partial charge is 0.447 e. The van der Waals surface area contributed by atoms with E-state index in [9.17, 15) is 18.4 Å². The number of rotatable bonds is 6. The zero-order valence-electron chi connectivity index (χ0n) is 15.5. The highest BCUT2D eigenvalue weighted by atomic mass is 19.1. The summed E-state index contributed by atoms with van der Waals surface area (Å²) in [5.41, 5.74) is -0.369. The van der Waals surface area contributed by atoms with E-state index in [1.807, 2.05) is 0 Å². The van der Waals surface area contributed by atoms with Crippen molar-refractivity contribution in [3.8, 4) is 0 Å². The molecule has 1 atom stereocenters. The molecule has 2 aromatic rings. The monoisotopic (exact) mass is 392 g/mol. The van der Waals surface area contributed by atoms with Gasteiger partial charge in [0.25, 0.3) is 5.91 Å². The van der Waals surface area contributed by atoms with Crippen molar-refractivity contribution in [2.75, 3.05) is 31.5 Å². The highest BCUT2D eigenvalue weighted by Crippen LogP contribution is 2.26. The van der Waals surface area contributed by atoms with Crippen LogP contribution in [0.3, 0.4) is 0 Å². The van der Waals surface area contributed by atoms with Crippen LogP contribution in [-0.4, -0.2) is 47.9 Å². The Labute approximate surface area is 161 Å². The maximum Gasteiger partial charge on any atom is 0.276 e. The molecule has 0 bridgehead atoms. The van der Waals surface area contributed by atoms with Crippen LogP contribution in [0.15, 0.2) is 29.0 Å². The van der Waals surface area contributed by atoms with E-state index in [0.29, 0.717) is 12.3 Å². The molecule has 0 radical (unpaired) electrons. The minimum Gasteiger partial charge on any atom is -0.447 e. The Morgan fingerprint density at radius 2 is 2.11 bits per heavy atom. The predicted molar refractivity (Wildman–Crippen MR) is 97.9 cm³/mol. The van der Waals surface area contributed by atoms with Crippen molar-refractivity contribution in [3.63, 3.8) is 0 Å². The molecule has 1 aromatic carbocycles. The summed E-state index contributed by atoms with van der Waals surface area (Å²) in [4.78, 5) is 30.4. The van der Waals surface area contributed by atoms with Crippen molar-refractivity contribution in [1.82, 2.24) is 15.2 Å². The number of benzene rings is 1. The van der Waals surface area contributed by atoms with Crippen LogP contribution in [0.4, 0.5) is 14.5 Å². The van der Waals surface area contributed by atoms with Crippen molar-refractivity contribution >= 4 is 17.5 Å². The Morgan fingerprint density at radius 3 is 2.75 bits per heavy atom. The molecule has 2 N–H and O–H groups in total. The maximum absolute atomic E-state index is 13.7. The van der Waals surface area contributed by atoms with Crippen LogP contribution in [0, 0.1) is 11.6 Å². The second kappa shape index (κ2) is 8.92. The van der Waals surface area contributed by atoms with E-state index in [2.05, 4.69) is 15.6 Å². The number of carbonyl (C=O) groups excluding carboxylic acids is 2. The molecular formula is C19H22F2N4O3. The van der Waals surface area contributed by atoms with Crippen LogP contribution < -0.4 is 10.6 Å². The number of oxazole rings is 1. The van der Waals surface area contributed by atoms with E-state index < -0.39 is 29.1 Å². The van der Waals surface area contributed by atoms with Crippen molar-refractivity contribution in [1.29, 1.82) is 0 Å². The highest BCUT2D eigenvalue weighted by Gasteiger charge is 2.29. The number of carbonyl (C=O) groups is 2. The van der Waals surface area contributed by atoms with Gasteiger partial charge in [-0.2, -0.15) is 0 Å². The van der Waals surface area contributed by atoms with Gasteiger partial charge in [-0.15, -0.1) is 0 Å². The van der Waals surface area contributed by atoms with Gasteiger partial charge >= 0.3 is 0 Å². The number of likely N-dealkylation sites (N-methyl/N-ethyl adjacent to an activating group) is 1. The normalized spacial score (nSPS) is 16.6. The van der Waals surface area contributed by atoms with Gasteiger partial charge in [0.1, 0.15) is 29.6 Å². The summed E-state index contributed by atoms with van der Waals surface area (Å²) in [6.45, 7) is 3.17. The van der Waals surface area contributed by atoms with Crippen molar-refractivity contribution < 1.29 is 22.8 Å². The molecule has 0 spiro atoms. The van der Waals surface area contributed by atoms with Gasteiger partial charge in [0, 0.05) is 19.0 Å². The molecule has 1 unspecified atom stereocenters. The molecule has 0 saturated carbocycles. The van der Waals surface area contributed by atoms with Gasteiger partial charge < -0.3 is 20.0 Å². The third kappa shape index (κ3) is 4.36. The summed E-state index contributed by atoms with van der Waals surface area (Å²) >= 11 is 0. The summed E-state index contributed by atoms with van der Waals surface area (Å²) in [6.07, 6.45) is 3.06. The predicted octanol–water partition coefficient (Wildman–Crippen LogP) is 2.52. The lowest BCUT2D eigenvalue weighted by atomic mass is 9.95. The van der Waals surface area contributed by atoms with Gasteiger partial charge in [0.15, 0.2) is 12.1 Å². The third-order valence-corrected chi connectivity index (χ3v) is 4.70. The molecule has 1 saturated heterocycles. The zero-order valence-corrected chi connectivity index (χ0v) is 15.5. The van der Waals surface area contributed by atoms with Crippen LogP contribution in [0.1, 0.15) is 41.9 Å². The molecule has 0 aliphatic carbocycles. The molecule has 2 amide bonds. The second-order valence-corrected chi connectivity index (χ2v) is 6.57. The lowest BCUT2D eigenvalue weighted by Gasteiger charge is -2.23. The number of nitrogens with one attached hydrogen (secondary N) is 2. The van der Waals surface area contributed by atoms with Gasteiger partial charge in [0.2, 0.25) is 5.91 Å². The summed E-state index contributed by atoms with van der Waals surface area (Å²) in [7, 11) is 0. The number of piperidine rings is 1. The number of nitrogens with zero attached hydrogens (tertiary/aromatic N) is 2. The van der Waals surface area contributed by atoms with Crippen molar-refractivity contribution in [2.45, 2.75) is 25.7 Å². The number of anilines is 1. The number of amides is 2. The highest BCUT2D eigenvalue weighted by molar-refractivity contribution is 5.99. The molecule has 1 aliphatic rings. The first-order chi connectivity index (χ1) is 13.5. The Kier molecular flexibility index (Phi) is 6.35. The Balaban J connectivity index is 1.70.